The van der Waals surface area contributed by atoms with Gasteiger partial charge in [0, 0.05) is 6.61 Å². The highest BCUT2D eigenvalue weighted by atomic mass is 16.7. The maximum Gasteiger partial charge on any atom is 0.186 e. The third-order valence-corrected chi connectivity index (χ3v) is 3.08. The highest BCUT2D eigenvalue weighted by Crippen LogP contribution is 2.21. The van der Waals surface area contributed by atoms with Gasteiger partial charge in [-0.05, 0) is 6.42 Å². The van der Waals surface area contributed by atoms with Gasteiger partial charge in [-0.25, -0.2) is 0 Å². The number of rotatable bonds is 10. The van der Waals surface area contributed by atoms with Crippen LogP contribution >= 0.6 is 0 Å². The van der Waals surface area contributed by atoms with Gasteiger partial charge < -0.3 is 39.4 Å². The van der Waals surface area contributed by atoms with E-state index in [2.05, 4.69) is 0 Å². The molecule has 0 aromatic carbocycles. The Balaban J connectivity index is 2.16. The van der Waals surface area contributed by atoms with Crippen molar-refractivity contribution in [1.82, 2.24) is 0 Å². The van der Waals surface area contributed by atoms with Gasteiger partial charge in [-0.15, -0.1) is 0 Å². The molecule has 1 rings (SSSR count). The van der Waals surface area contributed by atoms with Gasteiger partial charge in [0.25, 0.3) is 0 Å². The fourth-order valence-electron chi connectivity index (χ4n) is 1.89. The number of hydrogen-bond acceptors (Lipinski definition) is 8. The Labute approximate surface area is 124 Å². The topological polar surface area (TPSA) is 118 Å². The molecule has 21 heavy (non-hydrogen) atoms. The minimum Gasteiger partial charge on any atom is -0.394 e. The van der Waals surface area contributed by atoms with Crippen molar-refractivity contribution in [3.63, 3.8) is 0 Å². The van der Waals surface area contributed by atoms with Crippen molar-refractivity contribution in [3.8, 4) is 0 Å². The van der Waals surface area contributed by atoms with Gasteiger partial charge in [-0.1, -0.05) is 6.92 Å². The van der Waals surface area contributed by atoms with E-state index in [9.17, 15) is 15.3 Å². The van der Waals surface area contributed by atoms with Crippen molar-refractivity contribution < 1.29 is 39.4 Å². The highest BCUT2D eigenvalue weighted by Gasteiger charge is 2.43. The van der Waals surface area contributed by atoms with E-state index >= 15 is 0 Å². The zero-order chi connectivity index (χ0) is 15.7. The molecular formula is C13H26O8. The SMILES string of the molecule is CCCOCCOCCO[C@H]1OC(CO)[C@@H](O)[C@H](O)C1O. The van der Waals surface area contributed by atoms with Crippen molar-refractivity contribution in [3.05, 3.63) is 0 Å². The molecule has 4 N–H and O–H groups in total. The van der Waals surface area contributed by atoms with Crippen molar-refractivity contribution in [2.45, 2.75) is 44.1 Å². The normalized spacial score (nSPS) is 33.3. The first-order valence-electron chi connectivity index (χ1n) is 7.19. The molecule has 1 aliphatic rings. The summed E-state index contributed by atoms with van der Waals surface area (Å²) in [5, 5.41) is 37.9. The van der Waals surface area contributed by atoms with Crippen LogP contribution < -0.4 is 0 Å². The third-order valence-electron chi connectivity index (χ3n) is 3.08. The Bertz CT molecular complexity index is 263. The second-order valence-corrected chi connectivity index (χ2v) is 4.79. The number of hydrogen-bond donors (Lipinski definition) is 4. The molecule has 5 atom stereocenters. The summed E-state index contributed by atoms with van der Waals surface area (Å²) in [6.07, 6.45) is -5.30. The minimum atomic E-state index is -1.43. The molecule has 1 aliphatic heterocycles. The summed E-state index contributed by atoms with van der Waals surface area (Å²) in [5.74, 6) is 0. The number of aliphatic hydroxyl groups is 4. The van der Waals surface area contributed by atoms with E-state index in [4.69, 9.17) is 24.1 Å². The first kappa shape index (κ1) is 18.7. The van der Waals surface area contributed by atoms with E-state index in [1.54, 1.807) is 0 Å². The van der Waals surface area contributed by atoms with E-state index in [0.29, 0.717) is 19.8 Å². The Hall–Kier alpha value is -0.320. The minimum absolute atomic E-state index is 0.149. The summed E-state index contributed by atoms with van der Waals surface area (Å²) in [4.78, 5) is 0. The molecule has 0 aromatic rings. The Morgan fingerprint density at radius 2 is 1.48 bits per heavy atom. The Morgan fingerprint density at radius 3 is 2.10 bits per heavy atom. The lowest BCUT2D eigenvalue weighted by Gasteiger charge is -2.39. The largest absolute Gasteiger partial charge is 0.394 e. The lowest BCUT2D eigenvalue weighted by Crippen LogP contribution is -2.59. The van der Waals surface area contributed by atoms with Crippen LogP contribution in [0.5, 0.6) is 0 Å². The standard InChI is InChI=1S/C13H26O8/c1-2-3-18-4-5-19-6-7-20-13-12(17)11(16)10(15)9(8-14)21-13/h9-17H,2-8H2,1H3/t9?,10-,11+,12?,13+/m1/s1. The molecule has 8 nitrogen and oxygen atoms in total. The van der Waals surface area contributed by atoms with Gasteiger partial charge in [-0.3, -0.25) is 0 Å². The molecule has 8 heteroatoms. The molecule has 2 unspecified atom stereocenters. The molecule has 126 valence electrons. The van der Waals surface area contributed by atoms with Gasteiger partial charge in [0.2, 0.25) is 0 Å². The molecule has 0 spiro atoms. The van der Waals surface area contributed by atoms with E-state index in [-0.39, 0.29) is 13.2 Å². The molecule has 0 amide bonds. The summed E-state index contributed by atoms with van der Waals surface area (Å²) in [5.41, 5.74) is 0. The van der Waals surface area contributed by atoms with E-state index in [1.807, 2.05) is 6.92 Å². The first-order chi connectivity index (χ1) is 10.1. The molecule has 0 bridgehead atoms. The predicted molar refractivity (Wildman–Crippen MR) is 71.6 cm³/mol. The third kappa shape index (κ3) is 6.13. The lowest BCUT2D eigenvalue weighted by molar-refractivity contribution is -0.302. The van der Waals surface area contributed by atoms with Crippen LogP contribution in [-0.2, 0) is 18.9 Å². The highest BCUT2D eigenvalue weighted by molar-refractivity contribution is 4.88. The maximum atomic E-state index is 9.72. The van der Waals surface area contributed by atoms with Gasteiger partial charge >= 0.3 is 0 Å². The van der Waals surface area contributed by atoms with Gasteiger partial charge in [0.15, 0.2) is 6.29 Å². The Morgan fingerprint density at radius 1 is 0.857 bits per heavy atom. The molecule has 0 aliphatic carbocycles. The quantitative estimate of drug-likeness (QED) is 0.351. The molecule has 0 aromatic heterocycles. The summed E-state index contributed by atoms with van der Waals surface area (Å²) in [6.45, 7) is 3.63. The van der Waals surface area contributed by atoms with Gasteiger partial charge in [0.05, 0.1) is 33.0 Å². The van der Waals surface area contributed by atoms with Crippen LogP contribution in [0.4, 0.5) is 0 Å². The van der Waals surface area contributed by atoms with Crippen molar-refractivity contribution in [1.29, 1.82) is 0 Å². The van der Waals surface area contributed by atoms with Crippen LogP contribution in [0.25, 0.3) is 0 Å². The fourth-order valence-corrected chi connectivity index (χ4v) is 1.89. The average molecular weight is 310 g/mol. The van der Waals surface area contributed by atoms with E-state index in [1.165, 1.54) is 0 Å². The maximum absolute atomic E-state index is 9.72. The first-order valence-corrected chi connectivity index (χ1v) is 7.19. The van der Waals surface area contributed by atoms with Gasteiger partial charge in [0.1, 0.15) is 24.4 Å². The zero-order valence-electron chi connectivity index (χ0n) is 12.3. The van der Waals surface area contributed by atoms with Gasteiger partial charge in [-0.2, -0.15) is 0 Å². The molecule has 1 fully saturated rings. The molecule has 1 saturated heterocycles. The van der Waals surface area contributed by atoms with Crippen LogP contribution in [0.15, 0.2) is 0 Å². The van der Waals surface area contributed by atoms with Crippen molar-refractivity contribution in [2.24, 2.45) is 0 Å². The van der Waals surface area contributed by atoms with E-state index in [0.717, 1.165) is 6.42 Å². The smallest absolute Gasteiger partial charge is 0.186 e. The number of ether oxygens (including phenoxy) is 4. The van der Waals surface area contributed by atoms with Crippen LogP contribution in [0.1, 0.15) is 13.3 Å². The molecule has 0 radical (unpaired) electrons. The summed E-state index contributed by atoms with van der Waals surface area (Å²) >= 11 is 0. The number of aliphatic hydroxyl groups excluding tert-OH is 4. The Kier molecular flexibility index (Phi) is 9.29. The lowest BCUT2D eigenvalue weighted by atomic mass is 9.99. The monoisotopic (exact) mass is 310 g/mol. The zero-order valence-corrected chi connectivity index (χ0v) is 12.3. The predicted octanol–water partition coefficient (Wildman–Crippen LogP) is -1.75. The van der Waals surface area contributed by atoms with Crippen molar-refractivity contribution in [2.75, 3.05) is 39.6 Å². The second-order valence-electron chi connectivity index (χ2n) is 4.79. The molecule has 0 saturated carbocycles. The van der Waals surface area contributed by atoms with Crippen LogP contribution in [0.2, 0.25) is 0 Å². The summed E-state index contributed by atoms with van der Waals surface area (Å²) in [7, 11) is 0. The van der Waals surface area contributed by atoms with Crippen LogP contribution in [-0.4, -0.2) is 90.8 Å². The van der Waals surface area contributed by atoms with Crippen LogP contribution in [0, 0.1) is 0 Å². The average Bonchev–Trinajstić information content (AvgIpc) is 2.49. The van der Waals surface area contributed by atoms with Crippen LogP contribution in [0.3, 0.4) is 0 Å². The molecule has 1 heterocycles. The summed E-state index contributed by atoms with van der Waals surface area (Å²) < 4.78 is 20.9. The van der Waals surface area contributed by atoms with Crippen molar-refractivity contribution >= 4 is 0 Å². The molecular weight excluding hydrogens is 284 g/mol. The summed E-state index contributed by atoms with van der Waals surface area (Å²) in [6, 6.07) is 0. The fraction of sp³-hybridized carbons (Fsp3) is 1.00. The second kappa shape index (κ2) is 10.4. The van der Waals surface area contributed by atoms with E-state index < -0.39 is 37.3 Å².